The number of nitro groups is 1. The fourth-order valence-corrected chi connectivity index (χ4v) is 4.20. The fraction of sp³-hybridized carbons (Fsp3) is 0.160. The monoisotopic (exact) mass is 493 g/mol. The summed E-state index contributed by atoms with van der Waals surface area (Å²) in [5.41, 5.74) is 1.09. The van der Waals surface area contributed by atoms with Crippen molar-refractivity contribution in [1.29, 1.82) is 0 Å². The number of hydrogen-bond acceptors (Lipinski definition) is 7. The first kappa shape index (κ1) is 25.4. The molecule has 0 saturated carbocycles. The first-order chi connectivity index (χ1) is 16.8. The van der Waals surface area contributed by atoms with E-state index in [-0.39, 0.29) is 22.7 Å². The molecule has 1 atom stereocenters. The van der Waals surface area contributed by atoms with Gasteiger partial charge in [-0.25, -0.2) is 4.79 Å². The van der Waals surface area contributed by atoms with Crippen LogP contribution in [0.4, 0.5) is 17.1 Å². The highest BCUT2D eigenvalue weighted by Gasteiger charge is 2.21. The van der Waals surface area contributed by atoms with E-state index < -0.39 is 22.0 Å². The van der Waals surface area contributed by atoms with Gasteiger partial charge in [0.25, 0.3) is 11.6 Å². The number of carbonyl (C=O) groups excluding carboxylic acids is 3. The van der Waals surface area contributed by atoms with Crippen LogP contribution in [0.5, 0.6) is 0 Å². The Morgan fingerprint density at radius 3 is 2.46 bits per heavy atom. The van der Waals surface area contributed by atoms with Gasteiger partial charge in [-0.1, -0.05) is 31.2 Å². The fourth-order valence-electron chi connectivity index (χ4n) is 3.19. The Morgan fingerprint density at radius 1 is 1.00 bits per heavy atom. The molecular weight excluding hydrogens is 470 g/mol. The zero-order valence-corrected chi connectivity index (χ0v) is 19.8. The number of amides is 2. The van der Waals surface area contributed by atoms with Crippen LogP contribution in [0.25, 0.3) is 0 Å². The minimum absolute atomic E-state index is 0.160. The summed E-state index contributed by atoms with van der Waals surface area (Å²) in [6, 6.07) is 19.0. The number of thioether (sulfide) groups is 1. The highest BCUT2D eigenvalue weighted by molar-refractivity contribution is 8.00. The molecule has 2 N–H and O–H groups in total. The average Bonchev–Trinajstić information content (AvgIpc) is 2.87. The van der Waals surface area contributed by atoms with Gasteiger partial charge in [-0.15, -0.1) is 11.8 Å². The van der Waals surface area contributed by atoms with Gasteiger partial charge in [0.2, 0.25) is 5.91 Å². The molecule has 0 aliphatic rings. The molecule has 0 aliphatic heterocycles. The third-order valence-corrected chi connectivity index (χ3v) is 6.30. The van der Waals surface area contributed by atoms with Crippen molar-refractivity contribution >= 4 is 46.6 Å². The topological polar surface area (TPSA) is 128 Å². The summed E-state index contributed by atoms with van der Waals surface area (Å²) in [4.78, 5) is 48.6. The molecule has 0 fully saturated rings. The SMILES string of the molecule is CCC(Sc1cccc(NC(=O)c2cccc([N+](=O)[O-])c2)c1)C(=O)Nc1ccccc1C(=O)OC. The molecule has 3 aromatic rings. The number of nitrogens with one attached hydrogen (secondary N) is 2. The first-order valence-corrected chi connectivity index (χ1v) is 11.5. The van der Waals surface area contributed by atoms with Gasteiger partial charge in [-0.2, -0.15) is 0 Å². The predicted molar refractivity (Wildman–Crippen MR) is 134 cm³/mol. The highest BCUT2D eigenvalue weighted by Crippen LogP contribution is 2.29. The summed E-state index contributed by atoms with van der Waals surface area (Å²) >= 11 is 1.31. The number of methoxy groups -OCH3 is 1. The van der Waals surface area contributed by atoms with E-state index in [2.05, 4.69) is 10.6 Å². The Bertz CT molecular complexity index is 1260. The van der Waals surface area contributed by atoms with Gasteiger partial charge in [0.05, 0.1) is 28.5 Å². The predicted octanol–water partition coefficient (Wildman–Crippen LogP) is 5.14. The molecule has 180 valence electrons. The molecule has 0 aliphatic carbocycles. The first-order valence-electron chi connectivity index (χ1n) is 10.6. The maximum absolute atomic E-state index is 12.9. The third-order valence-electron chi connectivity index (χ3n) is 4.94. The minimum atomic E-state index is -0.562. The molecular formula is C25H23N3O6S. The van der Waals surface area contributed by atoms with Crippen LogP contribution in [-0.2, 0) is 9.53 Å². The van der Waals surface area contributed by atoms with E-state index in [9.17, 15) is 24.5 Å². The summed E-state index contributed by atoms with van der Waals surface area (Å²) < 4.78 is 4.77. The van der Waals surface area contributed by atoms with Crippen molar-refractivity contribution in [3.8, 4) is 0 Å². The summed E-state index contributed by atoms with van der Waals surface area (Å²) in [6.07, 6.45) is 0.515. The Morgan fingerprint density at radius 2 is 1.74 bits per heavy atom. The van der Waals surface area contributed by atoms with Crippen molar-refractivity contribution < 1.29 is 24.0 Å². The Hall–Kier alpha value is -4.18. The number of non-ortho nitro benzene ring substituents is 1. The lowest BCUT2D eigenvalue weighted by Crippen LogP contribution is -2.25. The molecule has 0 spiro atoms. The van der Waals surface area contributed by atoms with Gasteiger partial charge >= 0.3 is 5.97 Å². The average molecular weight is 494 g/mol. The molecule has 35 heavy (non-hydrogen) atoms. The van der Waals surface area contributed by atoms with E-state index in [1.807, 2.05) is 13.0 Å². The van der Waals surface area contributed by atoms with Gasteiger partial charge in [0.15, 0.2) is 0 Å². The maximum atomic E-state index is 12.9. The Kier molecular flexibility index (Phi) is 8.58. The number of carbonyl (C=O) groups is 3. The van der Waals surface area contributed by atoms with E-state index in [1.54, 1.807) is 42.5 Å². The smallest absolute Gasteiger partial charge is 0.339 e. The van der Waals surface area contributed by atoms with E-state index in [0.717, 1.165) is 4.90 Å². The summed E-state index contributed by atoms with van der Waals surface area (Å²) in [5.74, 6) is -1.31. The van der Waals surface area contributed by atoms with Crippen molar-refractivity contribution in [2.45, 2.75) is 23.5 Å². The minimum Gasteiger partial charge on any atom is -0.465 e. The number of benzene rings is 3. The molecule has 0 heterocycles. The van der Waals surface area contributed by atoms with Crippen LogP contribution in [0.2, 0.25) is 0 Å². The lowest BCUT2D eigenvalue weighted by Gasteiger charge is -2.16. The molecule has 0 radical (unpaired) electrons. The Labute approximate surface area is 206 Å². The zero-order valence-electron chi connectivity index (χ0n) is 19.0. The molecule has 9 nitrogen and oxygen atoms in total. The van der Waals surface area contributed by atoms with Gasteiger partial charge in [-0.05, 0) is 42.8 Å². The van der Waals surface area contributed by atoms with Gasteiger partial charge in [0, 0.05) is 28.3 Å². The number of nitro benzene ring substituents is 1. The normalized spacial score (nSPS) is 11.3. The second kappa shape index (κ2) is 11.8. The molecule has 1 unspecified atom stereocenters. The van der Waals surface area contributed by atoms with E-state index in [1.165, 1.54) is 43.1 Å². The Balaban J connectivity index is 1.70. The number of nitrogens with zero attached hydrogens (tertiary/aromatic N) is 1. The maximum Gasteiger partial charge on any atom is 0.339 e. The van der Waals surface area contributed by atoms with Crippen molar-refractivity contribution in [1.82, 2.24) is 0 Å². The molecule has 3 aromatic carbocycles. The van der Waals surface area contributed by atoms with Crippen molar-refractivity contribution in [2.75, 3.05) is 17.7 Å². The van der Waals surface area contributed by atoms with Crippen LogP contribution < -0.4 is 10.6 Å². The zero-order chi connectivity index (χ0) is 25.4. The van der Waals surface area contributed by atoms with Gasteiger partial charge in [-0.3, -0.25) is 19.7 Å². The van der Waals surface area contributed by atoms with Crippen LogP contribution in [0.15, 0.2) is 77.7 Å². The number of esters is 1. The van der Waals surface area contributed by atoms with Gasteiger partial charge < -0.3 is 15.4 Å². The van der Waals surface area contributed by atoms with Crippen LogP contribution in [0.3, 0.4) is 0 Å². The van der Waals surface area contributed by atoms with Crippen molar-refractivity contribution in [2.24, 2.45) is 0 Å². The quantitative estimate of drug-likeness (QED) is 0.183. The van der Waals surface area contributed by atoms with E-state index in [0.29, 0.717) is 17.8 Å². The van der Waals surface area contributed by atoms with Gasteiger partial charge in [0.1, 0.15) is 0 Å². The molecule has 2 amide bonds. The number of hydrogen-bond donors (Lipinski definition) is 2. The molecule has 0 bridgehead atoms. The van der Waals surface area contributed by atoms with Crippen LogP contribution in [0.1, 0.15) is 34.1 Å². The molecule has 10 heteroatoms. The lowest BCUT2D eigenvalue weighted by atomic mass is 10.1. The van der Waals surface area contributed by atoms with Crippen LogP contribution in [-0.4, -0.2) is 35.1 Å². The lowest BCUT2D eigenvalue weighted by molar-refractivity contribution is -0.384. The number of para-hydroxylation sites is 1. The standard InChI is InChI=1S/C25H23N3O6S/c1-3-22(24(30)27-21-13-5-4-12-20(21)25(31)34-2)35-19-11-7-9-17(15-19)26-23(29)16-8-6-10-18(14-16)28(32)33/h4-15,22H,3H2,1-2H3,(H,26,29)(H,27,30). The molecule has 0 saturated heterocycles. The second-order valence-corrected chi connectivity index (χ2v) is 8.61. The number of anilines is 2. The summed E-state index contributed by atoms with van der Waals surface area (Å²) in [6.45, 7) is 1.87. The van der Waals surface area contributed by atoms with Crippen molar-refractivity contribution in [3.05, 3.63) is 94.0 Å². The largest absolute Gasteiger partial charge is 0.465 e. The summed E-state index contributed by atoms with van der Waals surface area (Å²) in [5, 5.41) is 16.0. The van der Waals surface area contributed by atoms with Crippen LogP contribution in [0, 0.1) is 10.1 Å². The second-order valence-electron chi connectivity index (χ2n) is 7.33. The van der Waals surface area contributed by atoms with E-state index >= 15 is 0 Å². The third kappa shape index (κ3) is 6.67. The summed E-state index contributed by atoms with van der Waals surface area (Å²) in [7, 11) is 1.27. The number of ether oxygens (including phenoxy) is 1. The van der Waals surface area contributed by atoms with Crippen molar-refractivity contribution in [3.63, 3.8) is 0 Å². The number of rotatable bonds is 9. The molecule has 3 rings (SSSR count). The molecule has 0 aromatic heterocycles. The highest BCUT2D eigenvalue weighted by atomic mass is 32.2. The van der Waals surface area contributed by atoms with Crippen LogP contribution >= 0.6 is 11.8 Å². The van der Waals surface area contributed by atoms with E-state index in [4.69, 9.17) is 4.74 Å².